The number of ether oxygens (including phenoxy) is 2. The zero-order valence-corrected chi connectivity index (χ0v) is 14.2. The topological polar surface area (TPSA) is 83.1 Å². The summed E-state index contributed by atoms with van der Waals surface area (Å²) in [5, 5.41) is 6.09. The summed E-state index contributed by atoms with van der Waals surface area (Å²) in [7, 11) is 0. The summed E-state index contributed by atoms with van der Waals surface area (Å²) >= 11 is 0. The van der Waals surface area contributed by atoms with Crippen molar-refractivity contribution < 1.29 is 19.1 Å². The van der Waals surface area contributed by atoms with E-state index in [4.69, 9.17) is 20.0 Å². The number of fused-ring (bicyclic) bond motifs is 1. The first-order valence-electron chi connectivity index (χ1n) is 8.46. The van der Waals surface area contributed by atoms with Gasteiger partial charge in [0.25, 0.3) is 0 Å². The number of carbonyl (C=O) groups excluding carboxylic acids is 1. The standard InChI is InChI=1S/C19H22N2O4/c1-2-23-19(22)17-11-14(25-21-17)12-24-18-8-7-13-5-3-4-6-15(13)16(18)9-10-20/h3-8,14H,2,9-12,20H2,1H3. The number of carbonyl (C=O) groups is 1. The summed E-state index contributed by atoms with van der Waals surface area (Å²) in [5.74, 6) is 0.358. The molecule has 0 saturated heterocycles. The molecule has 1 unspecified atom stereocenters. The Bertz CT molecular complexity index is 788. The minimum atomic E-state index is -0.431. The van der Waals surface area contributed by atoms with Gasteiger partial charge in [-0.3, -0.25) is 0 Å². The molecule has 2 N–H and O–H groups in total. The van der Waals surface area contributed by atoms with Crippen molar-refractivity contribution >= 4 is 22.5 Å². The van der Waals surface area contributed by atoms with Gasteiger partial charge >= 0.3 is 5.97 Å². The maximum Gasteiger partial charge on any atom is 0.356 e. The number of hydrogen-bond acceptors (Lipinski definition) is 6. The molecule has 0 aromatic heterocycles. The Morgan fingerprint density at radius 2 is 2.16 bits per heavy atom. The summed E-state index contributed by atoms with van der Waals surface area (Å²) < 4.78 is 10.9. The van der Waals surface area contributed by atoms with Crippen LogP contribution >= 0.6 is 0 Å². The van der Waals surface area contributed by atoms with E-state index >= 15 is 0 Å². The lowest BCUT2D eigenvalue weighted by molar-refractivity contribution is -0.135. The fraction of sp³-hybridized carbons (Fsp3) is 0.368. The molecule has 6 heteroatoms. The molecule has 132 valence electrons. The van der Waals surface area contributed by atoms with E-state index in [1.54, 1.807) is 6.92 Å². The van der Waals surface area contributed by atoms with Gasteiger partial charge in [-0.05, 0) is 36.7 Å². The van der Waals surface area contributed by atoms with Crippen LogP contribution in [0.15, 0.2) is 41.6 Å². The van der Waals surface area contributed by atoms with E-state index in [2.05, 4.69) is 17.3 Å². The Hall–Kier alpha value is -2.60. The first kappa shape index (κ1) is 17.2. The fourth-order valence-electron chi connectivity index (χ4n) is 2.89. The molecule has 0 spiro atoms. The van der Waals surface area contributed by atoms with Gasteiger partial charge in [0.15, 0.2) is 11.8 Å². The van der Waals surface area contributed by atoms with Gasteiger partial charge in [0.05, 0.1) is 6.61 Å². The summed E-state index contributed by atoms with van der Waals surface area (Å²) in [6.45, 7) is 2.93. The minimum absolute atomic E-state index is 0.295. The molecule has 1 heterocycles. The molecular formula is C19H22N2O4. The highest BCUT2D eigenvalue weighted by Gasteiger charge is 2.27. The number of nitrogens with two attached hydrogens (primary N) is 1. The molecule has 1 aliphatic heterocycles. The van der Waals surface area contributed by atoms with E-state index in [1.807, 2.05) is 24.3 Å². The number of rotatable bonds is 7. The third-order valence-corrected chi connectivity index (χ3v) is 4.06. The maximum absolute atomic E-state index is 11.7. The summed E-state index contributed by atoms with van der Waals surface area (Å²) in [6.07, 6.45) is 0.822. The Balaban J connectivity index is 1.68. The molecule has 1 aliphatic rings. The van der Waals surface area contributed by atoms with E-state index in [1.165, 1.54) is 0 Å². The van der Waals surface area contributed by atoms with Crippen molar-refractivity contribution in [3.8, 4) is 5.75 Å². The van der Waals surface area contributed by atoms with Crippen LogP contribution in [0.2, 0.25) is 0 Å². The number of hydrogen-bond donors (Lipinski definition) is 1. The van der Waals surface area contributed by atoms with E-state index < -0.39 is 5.97 Å². The van der Waals surface area contributed by atoms with Crippen LogP contribution in [0.25, 0.3) is 10.8 Å². The van der Waals surface area contributed by atoms with Crippen molar-refractivity contribution in [1.82, 2.24) is 0 Å². The van der Waals surface area contributed by atoms with Crippen molar-refractivity contribution in [2.75, 3.05) is 19.8 Å². The summed E-state index contributed by atoms with van der Waals surface area (Å²) in [6, 6.07) is 12.1. The molecule has 0 radical (unpaired) electrons. The van der Waals surface area contributed by atoms with Gasteiger partial charge in [0.1, 0.15) is 12.4 Å². The average molecular weight is 342 g/mol. The second-order valence-electron chi connectivity index (χ2n) is 5.80. The average Bonchev–Trinajstić information content (AvgIpc) is 3.10. The van der Waals surface area contributed by atoms with Crippen LogP contribution in [-0.4, -0.2) is 37.5 Å². The van der Waals surface area contributed by atoms with Crippen LogP contribution < -0.4 is 10.5 Å². The van der Waals surface area contributed by atoms with E-state index in [9.17, 15) is 4.79 Å². The Kier molecular flexibility index (Phi) is 5.50. The lowest BCUT2D eigenvalue weighted by Gasteiger charge is -2.15. The van der Waals surface area contributed by atoms with Gasteiger partial charge in [-0.15, -0.1) is 0 Å². The number of esters is 1. The summed E-state index contributed by atoms with van der Waals surface area (Å²) in [5.41, 5.74) is 7.16. The van der Waals surface area contributed by atoms with Crippen LogP contribution in [0.4, 0.5) is 0 Å². The van der Waals surface area contributed by atoms with Crippen molar-refractivity contribution in [3.05, 3.63) is 42.0 Å². The van der Waals surface area contributed by atoms with Crippen molar-refractivity contribution in [2.45, 2.75) is 25.9 Å². The molecule has 0 aliphatic carbocycles. The summed E-state index contributed by atoms with van der Waals surface area (Å²) in [4.78, 5) is 16.9. The van der Waals surface area contributed by atoms with Crippen LogP contribution in [0.5, 0.6) is 5.75 Å². The number of nitrogens with zero attached hydrogens (tertiary/aromatic N) is 1. The maximum atomic E-state index is 11.7. The van der Waals surface area contributed by atoms with E-state index in [0.29, 0.717) is 31.9 Å². The molecule has 2 aromatic carbocycles. The highest BCUT2D eigenvalue weighted by Crippen LogP contribution is 2.29. The largest absolute Gasteiger partial charge is 0.489 e. The first-order valence-corrected chi connectivity index (χ1v) is 8.46. The Morgan fingerprint density at radius 1 is 1.32 bits per heavy atom. The molecule has 3 rings (SSSR count). The molecule has 0 saturated carbocycles. The molecule has 25 heavy (non-hydrogen) atoms. The van der Waals surface area contributed by atoms with Crippen LogP contribution in [0.3, 0.4) is 0 Å². The lowest BCUT2D eigenvalue weighted by atomic mass is 10.0. The molecule has 0 fully saturated rings. The smallest absolute Gasteiger partial charge is 0.356 e. The van der Waals surface area contributed by atoms with Crippen LogP contribution in [0.1, 0.15) is 18.9 Å². The van der Waals surface area contributed by atoms with Gasteiger partial charge in [-0.25, -0.2) is 4.79 Å². The van der Waals surface area contributed by atoms with Crippen molar-refractivity contribution in [2.24, 2.45) is 10.9 Å². The quantitative estimate of drug-likeness (QED) is 0.781. The fourth-order valence-corrected chi connectivity index (χ4v) is 2.89. The van der Waals surface area contributed by atoms with Crippen molar-refractivity contribution in [3.63, 3.8) is 0 Å². The second-order valence-corrected chi connectivity index (χ2v) is 5.80. The molecule has 2 aromatic rings. The molecule has 1 atom stereocenters. The zero-order valence-electron chi connectivity index (χ0n) is 14.2. The SMILES string of the molecule is CCOC(=O)C1=NOC(COc2ccc3ccccc3c2CCN)C1. The Labute approximate surface area is 146 Å². The number of benzene rings is 2. The van der Waals surface area contributed by atoms with Crippen LogP contribution in [0, 0.1) is 0 Å². The van der Waals surface area contributed by atoms with Gasteiger partial charge in [-0.1, -0.05) is 35.5 Å². The van der Waals surface area contributed by atoms with E-state index in [-0.39, 0.29) is 6.10 Å². The lowest BCUT2D eigenvalue weighted by Crippen LogP contribution is -2.22. The van der Waals surface area contributed by atoms with Crippen molar-refractivity contribution in [1.29, 1.82) is 0 Å². The molecule has 0 bridgehead atoms. The normalized spacial score (nSPS) is 16.4. The number of oxime groups is 1. The first-order chi connectivity index (χ1) is 12.2. The predicted octanol–water partition coefficient (Wildman–Crippen LogP) is 2.43. The van der Waals surface area contributed by atoms with Gasteiger partial charge in [-0.2, -0.15) is 0 Å². The predicted molar refractivity (Wildman–Crippen MR) is 95.8 cm³/mol. The molecule has 0 amide bonds. The molecule has 6 nitrogen and oxygen atoms in total. The third kappa shape index (κ3) is 3.91. The monoisotopic (exact) mass is 342 g/mol. The third-order valence-electron chi connectivity index (χ3n) is 4.06. The van der Waals surface area contributed by atoms with E-state index in [0.717, 1.165) is 28.5 Å². The molecular weight excluding hydrogens is 320 g/mol. The highest BCUT2D eigenvalue weighted by atomic mass is 16.7. The van der Waals surface area contributed by atoms with Crippen LogP contribution in [-0.2, 0) is 20.8 Å². The minimum Gasteiger partial charge on any atom is -0.489 e. The zero-order chi connectivity index (χ0) is 17.6. The van der Waals surface area contributed by atoms with Gasteiger partial charge in [0.2, 0.25) is 0 Å². The second kappa shape index (κ2) is 7.98. The highest BCUT2D eigenvalue weighted by molar-refractivity contribution is 6.36. The van der Waals surface area contributed by atoms with Gasteiger partial charge in [0, 0.05) is 12.0 Å². The van der Waals surface area contributed by atoms with Gasteiger partial charge < -0.3 is 20.0 Å². The Morgan fingerprint density at radius 3 is 2.96 bits per heavy atom.